The normalized spacial score (nSPS) is 10.6. The highest BCUT2D eigenvalue weighted by molar-refractivity contribution is 5.80. The second-order valence-corrected chi connectivity index (χ2v) is 5.30. The van der Waals surface area contributed by atoms with E-state index in [1.165, 1.54) is 5.56 Å². The number of nitrogens with one attached hydrogen (secondary N) is 2. The van der Waals surface area contributed by atoms with Gasteiger partial charge in [-0.15, -0.1) is 0 Å². The summed E-state index contributed by atoms with van der Waals surface area (Å²) in [5.41, 5.74) is 3.62. The molecule has 4 heteroatoms. The van der Waals surface area contributed by atoms with Crippen molar-refractivity contribution in [1.29, 1.82) is 0 Å². The van der Waals surface area contributed by atoms with Crippen molar-refractivity contribution in [2.45, 2.75) is 13.5 Å². The Morgan fingerprint density at radius 3 is 2.59 bits per heavy atom. The summed E-state index contributed by atoms with van der Waals surface area (Å²) in [5.74, 6) is 0.730. The summed E-state index contributed by atoms with van der Waals surface area (Å²) < 4.78 is 5.17. The lowest BCUT2D eigenvalue weighted by Gasteiger charge is -2.08. The Bertz CT molecular complexity index is 851. The van der Waals surface area contributed by atoms with Gasteiger partial charge < -0.3 is 15.0 Å². The minimum Gasteiger partial charge on any atom is -0.497 e. The first-order valence-corrected chi connectivity index (χ1v) is 7.16. The molecule has 0 radical (unpaired) electrons. The first-order chi connectivity index (χ1) is 10.7. The predicted molar refractivity (Wildman–Crippen MR) is 89.6 cm³/mol. The van der Waals surface area contributed by atoms with Gasteiger partial charge >= 0.3 is 0 Å². The van der Waals surface area contributed by atoms with Gasteiger partial charge in [0, 0.05) is 23.9 Å². The molecular formula is C18H18N2O2. The van der Waals surface area contributed by atoms with Crippen molar-refractivity contribution in [3.63, 3.8) is 0 Å². The molecule has 3 aromatic rings. The van der Waals surface area contributed by atoms with Crippen LogP contribution < -0.4 is 15.6 Å². The molecule has 0 saturated heterocycles. The standard InChI is InChI=1S/C18H18N2O2/c1-12-3-6-15(7-4-12)19-11-14-9-13-5-8-16(22-2)10-17(13)20-18(14)21/h3-10,19H,11H2,1-2H3,(H,20,21). The Kier molecular flexibility index (Phi) is 3.83. The van der Waals surface area contributed by atoms with Gasteiger partial charge in [0.2, 0.25) is 0 Å². The van der Waals surface area contributed by atoms with E-state index >= 15 is 0 Å². The van der Waals surface area contributed by atoms with Crippen LogP contribution in [0.1, 0.15) is 11.1 Å². The van der Waals surface area contributed by atoms with Crippen molar-refractivity contribution in [2.24, 2.45) is 0 Å². The second kappa shape index (κ2) is 5.93. The molecule has 0 amide bonds. The lowest BCUT2D eigenvalue weighted by Crippen LogP contribution is -2.15. The molecule has 0 unspecified atom stereocenters. The third-order valence-electron chi connectivity index (χ3n) is 3.66. The zero-order valence-electron chi connectivity index (χ0n) is 12.6. The number of hydrogen-bond acceptors (Lipinski definition) is 3. The molecule has 0 atom stereocenters. The highest BCUT2D eigenvalue weighted by Crippen LogP contribution is 2.19. The molecule has 1 aromatic heterocycles. The molecule has 0 spiro atoms. The lowest BCUT2D eigenvalue weighted by molar-refractivity contribution is 0.415. The molecule has 1 heterocycles. The molecule has 0 aliphatic heterocycles. The highest BCUT2D eigenvalue weighted by atomic mass is 16.5. The number of anilines is 1. The predicted octanol–water partition coefficient (Wildman–Crippen LogP) is 3.46. The Morgan fingerprint density at radius 2 is 1.86 bits per heavy atom. The van der Waals surface area contributed by atoms with Gasteiger partial charge in [-0.25, -0.2) is 0 Å². The number of fused-ring (bicyclic) bond motifs is 1. The Labute approximate surface area is 128 Å². The van der Waals surface area contributed by atoms with Gasteiger partial charge in [-0.3, -0.25) is 4.79 Å². The molecule has 0 saturated carbocycles. The third kappa shape index (κ3) is 2.96. The van der Waals surface area contributed by atoms with E-state index in [1.807, 2.05) is 55.5 Å². The minimum atomic E-state index is -0.0830. The quantitative estimate of drug-likeness (QED) is 0.775. The molecule has 4 nitrogen and oxygen atoms in total. The molecule has 2 aromatic carbocycles. The average molecular weight is 294 g/mol. The minimum absolute atomic E-state index is 0.0830. The number of hydrogen-bond donors (Lipinski definition) is 2. The summed E-state index contributed by atoms with van der Waals surface area (Å²) >= 11 is 0. The summed E-state index contributed by atoms with van der Waals surface area (Å²) in [5, 5.41) is 4.26. The Morgan fingerprint density at radius 1 is 1.09 bits per heavy atom. The lowest BCUT2D eigenvalue weighted by atomic mass is 10.1. The SMILES string of the molecule is COc1ccc2cc(CNc3ccc(C)cc3)c(=O)[nH]c2c1. The van der Waals surface area contributed by atoms with E-state index in [1.54, 1.807) is 7.11 Å². The van der Waals surface area contributed by atoms with Crippen molar-refractivity contribution in [2.75, 3.05) is 12.4 Å². The first-order valence-electron chi connectivity index (χ1n) is 7.16. The van der Waals surface area contributed by atoms with E-state index in [0.29, 0.717) is 12.1 Å². The van der Waals surface area contributed by atoms with Crippen LogP contribution in [0.15, 0.2) is 53.3 Å². The fraction of sp³-hybridized carbons (Fsp3) is 0.167. The average Bonchev–Trinajstić information content (AvgIpc) is 2.54. The van der Waals surface area contributed by atoms with Gasteiger partial charge in [0.1, 0.15) is 5.75 Å². The van der Waals surface area contributed by atoms with Gasteiger partial charge in [0.25, 0.3) is 5.56 Å². The summed E-state index contributed by atoms with van der Waals surface area (Å²) in [6.07, 6.45) is 0. The van der Waals surface area contributed by atoms with E-state index < -0.39 is 0 Å². The number of methoxy groups -OCH3 is 1. The number of rotatable bonds is 4. The number of aryl methyl sites for hydroxylation is 1. The van der Waals surface area contributed by atoms with E-state index in [0.717, 1.165) is 22.3 Å². The number of aromatic nitrogens is 1. The van der Waals surface area contributed by atoms with Crippen molar-refractivity contribution in [1.82, 2.24) is 4.98 Å². The molecular weight excluding hydrogens is 276 g/mol. The van der Waals surface area contributed by atoms with E-state index in [4.69, 9.17) is 4.74 Å². The van der Waals surface area contributed by atoms with Crippen LogP contribution in [0.5, 0.6) is 5.75 Å². The zero-order valence-corrected chi connectivity index (χ0v) is 12.6. The van der Waals surface area contributed by atoms with Crippen molar-refractivity contribution >= 4 is 16.6 Å². The zero-order chi connectivity index (χ0) is 15.5. The number of H-pyrrole nitrogens is 1. The van der Waals surface area contributed by atoms with Crippen LogP contribution in [0.4, 0.5) is 5.69 Å². The maximum absolute atomic E-state index is 12.2. The van der Waals surface area contributed by atoms with Gasteiger partial charge in [-0.05, 0) is 42.6 Å². The maximum atomic E-state index is 12.2. The molecule has 0 aliphatic rings. The summed E-state index contributed by atoms with van der Waals surface area (Å²) in [7, 11) is 1.61. The Hall–Kier alpha value is -2.75. The highest BCUT2D eigenvalue weighted by Gasteiger charge is 2.04. The number of pyridine rings is 1. The van der Waals surface area contributed by atoms with Gasteiger partial charge in [-0.2, -0.15) is 0 Å². The molecule has 2 N–H and O–H groups in total. The molecule has 0 aliphatic carbocycles. The van der Waals surface area contributed by atoms with Crippen LogP contribution in [0.25, 0.3) is 10.9 Å². The molecule has 112 valence electrons. The molecule has 0 fully saturated rings. The second-order valence-electron chi connectivity index (χ2n) is 5.30. The number of benzene rings is 2. The van der Waals surface area contributed by atoms with E-state index in [9.17, 15) is 4.79 Å². The van der Waals surface area contributed by atoms with Crippen LogP contribution in [0.2, 0.25) is 0 Å². The van der Waals surface area contributed by atoms with Gasteiger partial charge in [0.15, 0.2) is 0 Å². The summed E-state index contributed by atoms with van der Waals surface area (Å²) in [4.78, 5) is 15.1. The summed E-state index contributed by atoms with van der Waals surface area (Å²) in [6, 6.07) is 15.7. The number of aromatic amines is 1. The third-order valence-corrected chi connectivity index (χ3v) is 3.66. The van der Waals surface area contributed by atoms with Crippen LogP contribution in [0.3, 0.4) is 0 Å². The van der Waals surface area contributed by atoms with Crippen LogP contribution in [0, 0.1) is 6.92 Å². The van der Waals surface area contributed by atoms with Gasteiger partial charge in [-0.1, -0.05) is 17.7 Å². The first kappa shape index (κ1) is 14.2. The largest absolute Gasteiger partial charge is 0.497 e. The molecule has 22 heavy (non-hydrogen) atoms. The van der Waals surface area contributed by atoms with Gasteiger partial charge in [0.05, 0.1) is 12.6 Å². The summed E-state index contributed by atoms with van der Waals surface area (Å²) in [6.45, 7) is 2.53. The number of ether oxygens (including phenoxy) is 1. The van der Waals surface area contributed by atoms with Crippen LogP contribution in [-0.4, -0.2) is 12.1 Å². The molecule has 3 rings (SSSR count). The topological polar surface area (TPSA) is 54.1 Å². The van der Waals surface area contributed by atoms with Crippen LogP contribution in [-0.2, 0) is 6.54 Å². The fourth-order valence-corrected chi connectivity index (χ4v) is 2.35. The monoisotopic (exact) mass is 294 g/mol. The van der Waals surface area contributed by atoms with Crippen LogP contribution >= 0.6 is 0 Å². The Balaban J connectivity index is 1.86. The maximum Gasteiger partial charge on any atom is 0.253 e. The van der Waals surface area contributed by atoms with Crippen molar-refractivity contribution in [3.8, 4) is 5.75 Å². The van der Waals surface area contributed by atoms with E-state index in [2.05, 4.69) is 10.3 Å². The smallest absolute Gasteiger partial charge is 0.253 e. The van der Waals surface area contributed by atoms with Crippen molar-refractivity contribution < 1.29 is 4.74 Å². The van der Waals surface area contributed by atoms with Crippen molar-refractivity contribution in [3.05, 3.63) is 70.0 Å². The molecule has 0 bridgehead atoms. The fourth-order valence-electron chi connectivity index (χ4n) is 2.35. The van der Waals surface area contributed by atoms with E-state index in [-0.39, 0.29) is 5.56 Å².